The summed E-state index contributed by atoms with van der Waals surface area (Å²) in [6, 6.07) is 13.7. The first-order valence-electron chi connectivity index (χ1n) is 11.6. The average Bonchev–Trinajstić information content (AvgIpc) is 3.25. The van der Waals surface area contributed by atoms with E-state index in [9.17, 15) is 9.59 Å². The number of amides is 2. The molecule has 3 rings (SSSR count). The normalized spacial score (nSPS) is 15.9. The van der Waals surface area contributed by atoms with Gasteiger partial charge in [-0.15, -0.1) is 0 Å². The van der Waals surface area contributed by atoms with Gasteiger partial charge in [0.15, 0.2) is 0 Å². The van der Waals surface area contributed by atoms with E-state index in [1.54, 1.807) is 15.5 Å². The van der Waals surface area contributed by atoms with E-state index in [0.717, 1.165) is 17.0 Å². The summed E-state index contributed by atoms with van der Waals surface area (Å²) >= 11 is 0. The van der Waals surface area contributed by atoms with Gasteiger partial charge in [-0.05, 0) is 57.4 Å². The van der Waals surface area contributed by atoms with E-state index in [4.69, 9.17) is 0 Å². The first-order chi connectivity index (χ1) is 16.2. The van der Waals surface area contributed by atoms with Gasteiger partial charge in [-0.2, -0.15) is 0 Å². The van der Waals surface area contributed by atoms with Gasteiger partial charge in [0.05, 0.1) is 5.57 Å². The zero-order valence-corrected chi connectivity index (χ0v) is 21.0. The van der Waals surface area contributed by atoms with Crippen molar-refractivity contribution in [3.8, 4) is 0 Å². The van der Waals surface area contributed by atoms with Crippen LogP contribution in [-0.4, -0.2) is 58.6 Å². The highest BCUT2D eigenvalue weighted by Gasteiger charge is 2.26. The van der Waals surface area contributed by atoms with Crippen LogP contribution in [0.5, 0.6) is 0 Å². The number of aromatic nitrogens is 1. The summed E-state index contributed by atoms with van der Waals surface area (Å²) in [4.78, 5) is 34.4. The van der Waals surface area contributed by atoms with Crippen LogP contribution >= 0.6 is 0 Å². The van der Waals surface area contributed by atoms with Gasteiger partial charge in [-0.3, -0.25) is 9.59 Å². The number of aryl methyl sites for hydroxylation is 1. The van der Waals surface area contributed by atoms with Gasteiger partial charge in [-0.1, -0.05) is 30.3 Å². The molecule has 1 atom stereocenters. The third kappa shape index (κ3) is 5.84. The summed E-state index contributed by atoms with van der Waals surface area (Å²) in [5.41, 5.74) is 4.28. The minimum atomic E-state index is -0.117. The molecule has 34 heavy (non-hydrogen) atoms. The molecular weight excluding hydrogens is 426 g/mol. The molecule has 1 unspecified atom stereocenters. The highest BCUT2D eigenvalue weighted by molar-refractivity contribution is 5.98. The van der Waals surface area contributed by atoms with Crippen molar-refractivity contribution in [3.05, 3.63) is 83.1 Å². The summed E-state index contributed by atoms with van der Waals surface area (Å²) in [5.74, 6) is 0.488. The van der Waals surface area contributed by atoms with Crippen LogP contribution in [0.4, 0.5) is 0 Å². The number of benzene rings is 1. The van der Waals surface area contributed by atoms with Crippen LogP contribution < -0.4 is 5.32 Å². The Labute approximate surface area is 202 Å². The number of nitrogens with zero attached hydrogens (tertiary/aromatic N) is 4. The van der Waals surface area contributed by atoms with Gasteiger partial charge in [-0.25, -0.2) is 4.99 Å². The summed E-state index contributed by atoms with van der Waals surface area (Å²) in [6.07, 6.45) is 5.17. The maximum absolute atomic E-state index is 13.5. The monoisotopic (exact) mass is 461 g/mol. The molecule has 0 saturated carbocycles. The van der Waals surface area contributed by atoms with Crippen molar-refractivity contribution < 1.29 is 9.59 Å². The summed E-state index contributed by atoms with van der Waals surface area (Å²) in [5, 5.41) is 3.00. The number of hydrogen-bond acceptors (Lipinski definition) is 4. The molecule has 0 bridgehead atoms. The van der Waals surface area contributed by atoms with Crippen LogP contribution in [0.15, 0.2) is 76.8 Å². The Morgan fingerprint density at radius 2 is 1.79 bits per heavy atom. The van der Waals surface area contributed by atoms with Gasteiger partial charge in [0.25, 0.3) is 11.8 Å². The number of likely N-dealkylation sites (N-methyl/N-ethyl adjacent to an activating group) is 1. The maximum atomic E-state index is 13.5. The molecule has 180 valence electrons. The van der Waals surface area contributed by atoms with Crippen molar-refractivity contribution in [2.75, 3.05) is 20.6 Å². The third-order valence-electron chi connectivity index (χ3n) is 6.32. The Kier molecular flexibility index (Phi) is 8.10. The lowest BCUT2D eigenvalue weighted by molar-refractivity contribution is -0.128. The fraction of sp³-hybridized carbons (Fsp3) is 0.370. The Bertz CT molecular complexity index is 1130. The summed E-state index contributed by atoms with van der Waals surface area (Å²) in [6.45, 7) is 6.24. The lowest BCUT2D eigenvalue weighted by atomic mass is 10.0. The van der Waals surface area contributed by atoms with Gasteiger partial charge < -0.3 is 19.7 Å². The number of aliphatic imine (C=N–C) groups is 1. The Morgan fingerprint density at radius 3 is 2.44 bits per heavy atom. The standard InChI is InChI=1S/C27H35N5O2/c1-19-17-20(2)31(5)25(29-19)21(3)27(34)32(6)23(18-22-11-8-7-9-12-22)14-15-28-26(33)24-13-10-16-30(24)4/h7-13,16-17,23H,14-15,18H2,1-6H3,(H,28,33). The average molecular weight is 462 g/mol. The highest BCUT2D eigenvalue weighted by atomic mass is 16.2. The lowest BCUT2D eigenvalue weighted by Gasteiger charge is -2.31. The zero-order chi connectivity index (χ0) is 24.8. The van der Waals surface area contributed by atoms with Crippen molar-refractivity contribution in [2.24, 2.45) is 12.0 Å². The van der Waals surface area contributed by atoms with E-state index in [-0.39, 0.29) is 17.9 Å². The molecule has 7 nitrogen and oxygen atoms in total. The van der Waals surface area contributed by atoms with Crippen LogP contribution in [0.3, 0.4) is 0 Å². The molecule has 0 radical (unpaired) electrons. The molecule has 1 N–H and O–H groups in total. The van der Waals surface area contributed by atoms with Gasteiger partial charge in [0.2, 0.25) is 0 Å². The second kappa shape index (κ2) is 11.0. The predicted molar refractivity (Wildman–Crippen MR) is 136 cm³/mol. The summed E-state index contributed by atoms with van der Waals surface area (Å²) < 4.78 is 1.79. The molecule has 2 amide bonds. The molecular formula is C27H35N5O2. The van der Waals surface area contributed by atoms with E-state index in [0.29, 0.717) is 36.5 Å². The van der Waals surface area contributed by atoms with E-state index in [1.807, 2.05) is 83.4 Å². The zero-order valence-electron chi connectivity index (χ0n) is 21.0. The number of rotatable bonds is 8. The number of nitrogens with one attached hydrogen (secondary N) is 1. The SMILES string of the molecule is CC1=CC(C)=NC(=C(C)C(=O)N(C)C(CCNC(=O)c2cccn2C)Cc2ccccc2)N1C. The van der Waals surface area contributed by atoms with Crippen LogP contribution in [-0.2, 0) is 18.3 Å². The number of carbonyl (C=O) groups excluding carboxylic acids is 2. The molecule has 1 aliphatic heterocycles. The molecule has 0 spiro atoms. The topological polar surface area (TPSA) is 69.9 Å². The van der Waals surface area contributed by atoms with Crippen molar-refractivity contribution in [1.29, 1.82) is 0 Å². The molecule has 0 fully saturated rings. The van der Waals surface area contributed by atoms with E-state index < -0.39 is 0 Å². The first kappa shape index (κ1) is 25.0. The largest absolute Gasteiger partial charge is 0.351 e. The van der Waals surface area contributed by atoms with Crippen molar-refractivity contribution >= 4 is 17.5 Å². The molecule has 0 saturated heterocycles. The molecule has 2 heterocycles. The minimum Gasteiger partial charge on any atom is -0.351 e. The van der Waals surface area contributed by atoms with Gasteiger partial charge >= 0.3 is 0 Å². The second-order valence-electron chi connectivity index (χ2n) is 8.86. The van der Waals surface area contributed by atoms with E-state index in [2.05, 4.69) is 22.4 Å². The Hall–Kier alpha value is -3.61. The van der Waals surface area contributed by atoms with Crippen molar-refractivity contribution in [2.45, 2.75) is 39.7 Å². The Morgan fingerprint density at radius 1 is 1.09 bits per heavy atom. The van der Waals surface area contributed by atoms with Gasteiger partial charge in [0, 0.05) is 51.3 Å². The number of carbonyl (C=O) groups is 2. The third-order valence-corrected chi connectivity index (χ3v) is 6.32. The van der Waals surface area contributed by atoms with Crippen LogP contribution in [0.25, 0.3) is 0 Å². The molecule has 2 aromatic rings. The van der Waals surface area contributed by atoms with Crippen LogP contribution in [0.2, 0.25) is 0 Å². The minimum absolute atomic E-state index is 0.0669. The van der Waals surface area contributed by atoms with Crippen molar-refractivity contribution in [3.63, 3.8) is 0 Å². The fourth-order valence-electron chi connectivity index (χ4n) is 4.16. The smallest absolute Gasteiger partial charge is 0.267 e. The van der Waals surface area contributed by atoms with Crippen molar-refractivity contribution in [1.82, 2.24) is 19.7 Å². The lowest BCUT2D eigenvalue weighted by Crippen LogP contribution is -2.42. The molecule has 1 aliphatic rings. The summed E-state index contributed by atoms with van der Waals surface area (Å²) in [7, 11) is 5.61. The fourth-order valence-corrected chi connectivity index (χ4v) is 4.16. The van der Waals surface area contributed by atoms with Gasteiger partial charge in [0.1, 0.15) is 11.5 Å². The molecule has 0 aliphatic carbocycles. The second-order valence-corrected chi connectivity index (χ2v) is 8.86. The maximum Gasteiger partial charge on any atom is 0.267 e. The predicted octanol–water partition coefficient (Wildman–Crippen LogP) is 3.76. The molecule has 1 aromatic carbocycles. The van der Waals surface area contributed by atoms with Crippen LogP contribution in [0.1, 0.15) is 43.2 Å². The van der Waals surface area contributed by atoms with E-state index in [1.165, 1.54) is 0 Å². The molecule has 1 aromatic heterocycles. The number of allylic oxidation sites excluding steroid dienone is 2. The quantitative estimate of drug-likeness (QED) is 0.609. The van der Waals surface area contributed by atoms with Crippen LogP contribution in [0, 0.1) is 0 Å². The van der Waals surface area contributed by atoms with E-state index >= 15 is 0 Å². The number of hydrogen-bond donors (Lipinski definition) is 1. The highest BCUT2D eigenvalue weighted by Crippen LogP contribution is 2.23. The first-order valence-corrected chi connectivity index (χ1v) is 11.6. The Balaban J connectivity index is 1.77. The molecule has 7 heteroatoms.